The summed E-state index contributed by atoms with van der Waals surface area (Å²) in [6.07, 6.45) is 1.76. The van der Waals surface area contributed by atoms with Crippen molar-refractivity contribution in [2.45, 2.75) is 26.8 Å². The van der Waals surface area contributed by atoms with E-state index >= 15 is 0 Å². The van der Waals surface area contributed by atoms with Crippen molar-refractivity contribution in [2.24, 2.45) is 12.8 Å². The van der Waals surface area contributed by atoms with E-state index in [1.54, 1.807) is 10.9 Å². The molecule has 0 aliphatic rings. The Balaban J connectivity index is 2.44. The Morgan fingerprint density at radius 2 is 2.16 bits per heavy atom. The summed E-state index contributed by atoms with van der Waals surface area (Å²) in [6.45, 7) is 6.03. The first-order valence-corrected chi connectivity index (χ1v) is 6.46. The zero-order valence-corrected chi connectivity index (χ0v) is 12.3. The molecule has 0 unspecified atom stereocenters. The van der Waals surface area contributed by atoms with Crippen molar-refractivity contribution in [1.29, 1.82) is 0 Å². The van der Waals surface area contributed by atoms with Crippen LogP contribution in [0.5, 0.6) is 0 Å². The fraction of sp³-hybridized carbons (Fsp3) is 0.417. The molecule has 0 aliphatic heterocycles. The fourth-order valence-electron chi connectivity index (χ4n) is 2.04. The van der Waals surface area contributed by atoms with Crippen molar-refractivity contribution in [2.75, 3.05) is 5.32 Å². The Labute approximate surface area is 117 Å². The van der Waals surface area contributed by atoms with Crippen LogP contribution in [0.15, 0.2) is 12.3 Å². The highest BCUT2D eigenvalue weighted by Crippen LogP contribution is 2.24. The molecule has 0 amide bonds. The van der Waals surface area contributed by atoms with E-state index in [1.807, 2.05) is 24.7 Å². The number of nitrogens with one attached hydrogen (secondary N) is 1. The molecule has 0 fully saturated rings. The zero-order valence-electron chi connectivity index (χ0n) is 11.5. The molecule has 3 N–H and O–H groups in total. The molecule has 0 saturated heterocycles. The molecule has 2 heterocycles. The highest BCUT2D eigenvalue weighted by molar-refractivity contribution is 7.80. The molecule has 0 aromatic carbocycles. The number of aryl methyl sites for hydroxylation is 2. The van der Waals surface area contributed by atoms with E-state index < -0.39 is 0 Å². The minimum absolute atomic E-state index is 0.264. The summed E-state index contributed by atoms with van der Waals surface area (Å²) < 4.78 is 3.63. The second kappa shape index (κ2) is 5.00. The topological polar surface area (TPSA) is 73.7 Å². The van der Waals surface area contributed by atoms with Gasteiger partial charge in [-0.25, -0.2) is 4.68 Å². The molecule has 102 valence electrons. The van der Waals surface area contributed by atoms with Crippen molar-refractivity contribution < 1.29 is 0 Å². The summed E-state index contributed by atoms with van der Waals surface area (Å²) in [7, 11) is 1.85. The predicted octanol–water partition coefficient (Wildman–Crippen LogP) is 1.88. The molecule has 0 saturated carbocycles. The van der Waals surface area contributed by atoms with Gasteiger partial charge in [-0.15, -0.1) is 0 Å². The van der Waals surface area contributed by atoms with Crippen molar-refractivity contribution in [3.8, 4) is 0 Å². The molecular formula is C12H18N6S. The quantitative estimate of drug-likeness (QED) is 0.835. The van der Waals surface area contributed by atoms with E-state index in [4.69, 9.17) is 18.0 Å². The van der Waals surface area contributed by atoms with Gasteiger partial charge in [0, 0.05) is 19.2 Å². The number of nitrogens with two attached hydrogens (primary N) is 1. The normalized spacial score (nSPS) is 11.0. The second-order valence-corrected chi connectivity index (χ2v) is 5.12. The Bertz CT molecular complexity index is 610. The van der Waals surface area contributed by atoms with Gasteiger partial charge in [-0.05, 0) is 20.8 Å². The van der Waals surface area contributed by atoms with Crippen LogP contribution in [0, 0.1) is 6.92 Å². The summed E-state index contributed by atoms with van der Waals surface area (Å²) in [6, 6.07) is 2.17. The minimum Gasteiger partial charge on any atom is -0.389 e. The molecule has 7 heteroatoms. The van der Waals surface area contributed by atoms with E-state index in [1.165, 1.54) is 0 Å². The van der Waals surface area contributed by atoms with Gasteiger partial charge in [0.05, 0.1) is 17.5 Å². The van der Waals surface area contributed by atoms with Gasteiger partial charge in [-0.3, -0.25) is 4.68 Å². The lowest BCUT2D eigenvalue weighted by Crippen LogP contribution is -2.14. The maximum atomic E-state index is 5.77. The molecule has 0 aliphatic carbocycles. The SMILES string of the molecule is Cc1nn(C)c(Nc2ccnn2C(C)C)c1C(N)=S. The molecular weight excluding hydrogens is 260 g/mol. The molecule has 0 radical (unpaired) electrons. The summed E-state index contributed by atoms with van der Waals surface area (Å²) in [5.41, 5.74) is 7.36. The third-order valence-corrected chi connectivity index (χ3v) is 3.08. The van der Waals surface area contributed by atoms with E-state index in [0.29, 0.717) is 4.99 Å². The molecule has 0 bridgehead atoms. The van der Waals surface area contributed by atoms with Crippen LogP contribution in [0.1, 0.15) is 31.1 Å². The Morgan fingerprint density at radius 1 is 1.47 bits per heavy atom. The molecule has 2 rings (SSSR count). The van der Waals surface area contributed by atoms with Gasteiger partial charge in [0.25, 0.3) is 0 Å². The van der Waals surface area contributed by atoms with Gasteiger partial charge < -0.3 is 11.1 Å². The van der Waals surface area contributed by atoms with Crippen LogP contribution in [0.3, 0.4) is 0 Å². The maximum absolute atomic E-state index is 5.77. The first kappa shape index (κ1) is 13.5. The standard InChI is InChI=1S/C12H18N6S/c1-7(2)18-9(5-6-14-18)15-12-10(11(13)19)8(3)16-17(12)4/h5-7,15H,1-4H3,(H2,13,19). The number of nitrogens with zero attached hydrogens (tertiary/aromatic N) is 4. The second-order valence-electron chi connectivity index (χ2n) is 4.68. The third-order valence-electron chi connectivity index (χ3n) is 2.87. The highest BCUT2D eigenvalue weighted by Gasteiger charge is 2.17. The third kappa shape index (κ3) is 2.46. The van der Waals surface area contributed by atoms with Crippen LogP contribution in [0.25, 0.3) is 0 Å². The van der Waals surface area contributed by atoms with Crippen molar-refractivity contribution in [1.82, 2.24) is 19.6 Å². The summed E-state index contributed by atoms with van der Waals surface area (Å²) >= 11 is 5.09. The van der Waals surface area contributed by atoms with Gasteiger partial charge in [0.1, 0.15) is 16.6 Å². The van der Waals surface area contributed by atoms with Gasteiger partial charge in [-0.1, -0.05) is 12.2 Å². The van der Waals surface area contributed by atoms with E-state index in [9.17, 15) is 0 Å². The molecule has 0 spiro atoms. The lowest BCUT2D eigenvalue weighted by molar-refractivity contribution is 0.539. The van der Waals surface area contributed by atoms with Crippen LogP contribution in [-0.4, -0.2) is 24.5 Å². The number of hydrogen-bond donors (Lipinski definition) is 2. The predicted molar refractivity (Wildman–Crippen MR) is 79.7 cm³/mol. The average molecular weight is 278 g/mol. The molecule has 19 heavy (non-hydrogen) atoms. The number of aromatic nitrogens is 4. The maximum Gasteiger partial charge on any atom is 0.140 e. The number of hydrogen-bond acceptors (Lipinski definition) is 4. The molecule has 2 aromatic heterocycles. The monoisotopic (exact) mass is 278 g/mol. The summed E-state index contributed by atoms with van der Waals surface area (Å²) in [4.78, 5) is 0.337. The first-order valence-electron chi connectivity index (χ1n) is 6.05. The Morgan fingerprint density at radius 3 is 2.74 bits per heavy atom. The Kier molecular flexibility index (Phi) is 3.57. The van der Waals surface area contributed by atoms with Gasteiger partial charge in [0.2, 0.25) is 0 Å². The minimum atomic E-state index is 0.264. The van der Waals surface area contributed by atoms with Crippen molar-refractivity contribution in [3.63, 3.8) is 0 Å². The van der Waals surface area contributed by atoms with E-state index in [0.717, 1.165) is 22.9 Å². The van der Waals surface area contributed by atoms with Crippen LogP contribution in [0.4, 0.5) is 11.6 Å². The number of anilines is 2. The smallest absolute Gasteiger partial charge is 0.140 e. The zero-order chi connectivity index (χ0) is 14.2. The van der Waals surface area contributed by atoms with E-state index in [2.05, 4.69) is 29.4 Å². The molecule has 0 atom stereocenters. The lowest BCUT2D eigenvalue weighted by atomic mass is 10.2. The van der Waals surface area contributed by atoms with Crippen LogP contribution < -0.4 is 11.1 Å². The summed E-state index contributed by atoms with van der Waals surface area (Å²) in [5, 5.41) is 11.9. The largest absolute Gasteiger partial charge is 0.389 e. The Hall–Kier alpha value is -1.89. The summed E-state index contributed by atoms with van der Waals surface area (Å²) in [5.74, 6) is 1.67. The molecule has 2 aromatic rings. The average Bonchev–Trinajstić information content (AvgIpc) is 2.85. The number of rotatable bonds is 4. The fourth-order valence-corrected chi connectivity index (χ4v) is 2.29. The van der Waals surface area contributed by atoms with Gasteiger partial charge in [0.15, 0.2) is 0 Å². The van der Waals surface area contributed by atoms with Gasteiger partial charge >= 0.3 is 0 Å². The highest BCUT2D eigenvalue weighted by atomic mass is 32.1. The van der Waals surface area contributed by atoms with Gasteiger partial charge in [-0.2, -0.15) is 10.2 Å². The van der Waals surface area contributed by atoms with Crippen LogP contribution >= 0.6 is 12.2 Å². The molecule has 6 nitrogen and oxygen atoms in total. The van der Waals surface area contributed by atoms with Crippen LogP contribution in [-0.2, 0) is 7.05 Å². The lowest BCUT2D eigenvalue weighted by Gasteiger charge is -2.13. The first-order chi connectivity index (χ1) is 8.91. The van der Waals surface area contributed by atoms with Crippen LogP contribution in [0.2, 0.25) is 0 Å². The van der Waals surface area contributed by atoms with Crippen molar-refractivity contribution in [3.05, 3.63) is 23.5 Å². The van der Waals surface area contributed by atoms with Crippen molar-refractivity contribution >= 4 is 28.8 Å². The van der Waals surface area contributed by atoms with E-state index in [-0.39, 0.29) is 6.04 Å². The number of thiocarbonyl (C=S) groups is 1.